The number of aryl methyl sites for hydroxylation is 1. The maximum Gasteiger partial charge on any atom is 0.416 e. The minimum absolute atomic E-state index is 0.0267. The molecular weight excluding hydrogens is 535 g/mol. The molecule has 5 rings (SSSR count). The number of nitrogens with one attached hydrogen (secondary N) is 1. The van der Waals surface area contributed by atoms with Crippen LogP contribution in [0.3, 0.4) is 0 Å². The van der Waals surface area contributed by atoms with Crippen LogP contribution in [0.25, 0.3) is 17.1 Å². The molecule has 0 saturated heterocycles. The Balaban J connectivity index is 1.37. The predicted molar refractivity (Wildman–Crippen MR) is 148 cm³/mol. The van der Waals surface area contributed by atoms with Gasteiger partial charge in [-0.2, -0.15) is 13.2 Å². The Kier molecular flexibility index (Phi) is 7.97. The van der Waals surface area contributed by atoms with Crippen molar-refractivity contribution in [2.75, 3.05) is 0 Å². The van der Waals surface area contributed by atoms with E-state index in [0.717, 1.165) is 34.5 Å². The van der Waals surface area contributed by atoms with Gasteiger partial charge < -0.3 is 5.32 Å². The lowest BCUT2D eigenvalue weighted by atomic mass is 10.1. The summed E-state index contributed by atoms with van der Waals surface area (Å²) in [5.41, 5.74) is 3.68. The van der Waals surface area contributed by atoms with Crippen molar-refractivity contribution in [2.45, 2.75) is 30.6 Å². The number of pyridine rings is 1. The Morgan fingerprint density at radius 2 is 1.68 bits per heavy atom. The monoisotopic (exact) mass is 559 g/mol. The van der Waals surface area contributed by atoms with Gasteiger partial charge in [-0.05, 0) is 60.0 Å². The number of nitrogens with zero attached hydrogens (tertiary/aromatic N) is 4. The number of benzene rings is 3. The molecule has 2 aromatic heterocycles. The summed E-state index contributed by atoms with van der Waals surface area (Å²) in [4.78, 5) is 17.2. The van der Waals surface area contributed by atoms with E-state index in [2.05, 4.69) is 20.5 Å². The standard InChI is InChI=1S/C30H24F3N5OS/c1-20-7-2-5-12-26(20)38-27(22-13-15-34-16-14-22)36-37-29(38)40-19-23-9-3-4-11-25(23)28(39)35-18-21-8-6-10-24(17-21)30(31,32)33/h2-17H,18-19H2,1H3,(H,35,39). The van der Waals surface area contributed by atoms with E-state index in [9.17, 15) is 18.0 Å². The first-order chi connectivity index (χ1) is 19.3. The lowest BCUT2D eigenvalue weighted by Gasteiger charge is -2.14. The summed E-state index contributed by atoms with van der Waals surface area (Å²) in [5.74, 6) is 0.728. The van der Waals surface area contributed by atoms with Crippen molar-refractivity contribution in [3.63, 3.8) is 0 Å². The molecule has 3 aromatic carbocycles. The number of hydrogen-bond acceptors (Lipinski definition) is 5. The minimum Gasteiger partial charge on any atom is -0.348 e. The predicted octanol–water partition coefficient (Wildman–Crippen LogP) is 6.88. The van der Waals surface area contributed by atoms with Crippen LogP contribution in [0, 0.1) is 6.92 Å². The molecule has 10 heteroatoms. The van der Waals surface area contributed by atoms with E-state index in [-0.39, 0.29) is 12.5 Å². The first-order valence-electron chi connectivity index (χ1n) is 12.4. The first-order valence-corrected chi connectivity index (χ1v) is 13.4. The molecule has 0 aliphatic rings. The van der Waals surface area contributed by atoms with E-state index in [4.69, 9.17) is 0 Å². The molecule has 202 valence electrons. The van der Waals surface area contributed by atoms with Crippen molar-refractivity contribution in [3.05, 3.63) is 125 Å². The van der Waals surface area contributed by atoms with Gasteiger partial charge in [0.2, 0.25) is 0 Å². The molecule has 5 aromatic rings. The zero-order valence-corrected chi connectivity index (χ0v) is 22.2. The average Bonchev–Trinajstić information content (AvgIpc) is 3.39. The quantitative estimate of drug-likeness (QED) is 0.210. The van der Waals surface area contributed by atoms with Crippen LogP contribution in [0.2, 0.25) is 0 Å². The third-order valence-electron chi connectivity index (χ3n) is 6.25. The van der Waals surface area contributed by atoms with Crippen molar-refractivity contribution < 1.29 is 18.0 Å². The van der Waals surface area contributed by atoms with Gasteiger partial charge in [0.05, 0.1) is 11.3 Å². The number of hydrogen-bond donors (Lipinski definition) is 1. The minimum atomic E-state index is -4.44. The number of alkyl halides is 3. The number of thioether (sulfide) groups is 1. The lowest BCUT2D eigenvalue weighted by Crippen LogP contribution is -2.24. The van der Waals surface area contributed by atoms with Crippen molar-refractivity contribution in [1.29, 1.82) is 0 Å². The smallest absolute Gasteiger partial charge is 0.348 e. The Bertz CT molecular complexity index is 1640. The highest BCUT2D eigenvalue weighted by Crippen LogP contribution is 2.32. The van der Waals surface area contributed by atoms with Crippen LogP contribution in [0.5, 0.6) is 0 Å². The lowest BCUT2D eigenvalue weighted by molar-refractivity contribution is -0.137. The van der Waals surface area contributed by atoms with Gasteiger partial charge in [0.15, 0.2) is 11.0 Å². The molecule has 1 N–H and O–H groups in total. The SMILES string of the molecule is Cc1ccccc1-n1c(SCc2ccccc2C(=O)NCc2cccc(C(F)(F)F)c2)nnc1-c1ccncc1. The zero-order valence-electron chi connectivity index (χ0n) is 21.4. The maximum absolute atomic E-state index is 13.1. The van der Waals surface area contributed by atoms with E-state index < -0.39 is 11.7 Å². The van der Waals surface area contributed by atoms with Gasteiger partial charge in [0.25, 0.3) is 5.91 Å². The topological polar surface area (TPSA) is 72.7 Å². The summed E-state index contributed by atoms with van der Waals surface area (Å²) in [6, 6.07) is 23.8. The zero-order chi connectivity index (χ0) is 28.1. The fourth-order valence-corrected chi connectivity index (χ4v) is 5.18. The highest BCUT2D eigenvalue weighted by molar-refractivity contribution is 7.98. The number of aromatic nitrogens is 4. The summed E-state index contributed by atoms with van der Waals surface area (Å²) in [6.45, 7) is 1.99. The molecule has 2 heterocycles. The summed E-state index contributed by atoms with van der Waals surface area (Å²) < 4.78 is 41.2. The Morgan fingerprint density at radius 1 is 0.925 bits per heavy atom. The molecular formula is C30H24F3N5OS. The third-order valence-corrected chi connectivity index (χ3v) is 7.23. The second-order valence-corrected chi connectivity index (χ2v) is 9.93. The largest absolute Gasteiger partial charge is 0.416 e. The number of carbonyl (C=O) groups is 1. The van der Waals surface area contributed by atoms with Crippen molar-refractivity contribution in [1.82, 2.24) is 25.1 Å². The van der Waals surface area contributed by atoms with Gasteiger partial charge in [0.1, 0.15) is 0 Å². The fourth-order valence-electron chi connectivity index (χ4n) is 4.23. The van der Waals surface area contributed by atoms with Gasteiger partial charge in [-0.15, -0.1) is 10.2 Å². The van der Waals surface area contributed by atoms with E-state index in [1.54, 1.807) is 30.6 Å². The molecule has 0 aliphatic carbocycles. The van der Waals surface area contributed by atoms with Gasteiger partial charge in [0, 0.05) is 35.8 Å². The van der Waals surface area contributed by atoms with Gasteiger partial charge >= 0.3 is 6.18 Å². The molecule has 40 heavy (non-hydrogen) atoms. The molecule has 0 spiro atoms. The number of amides is 1. The van der Waals surface area contributed by atoms with Crippen molar-refractivity contribution in [3.8, 4) is 17.1 Å². The summed E-state index contributed by atoms with van der Waals surface area (Å²) in [5, 5.41) is 12.3. The molecule has 0 bridgehead atoms. The van der Waals surface area contributed by atoms with E-state index in [0.29, 0.717) is 27.9 Å². The molecule has 0 saturated carbocycles. The molecule has 0 unspecified atom stereocenters. The summed E-state index contributed by atoms with van der Waals surface area (Å²) >= 11 is 1.44. The van der Waals surface area contributed by atoms with Gasteiger partial charge in [-0.1, -0.05) is 60.3 Å². The normalized spacial score (nSPS) is 11.4. The summed E-state index contributed by atoms with van der Waals surface area (Å²) in [7, 11) is 0. The molecule has 0 radical (unpaired) electrons. The highest BCUT2D eigenvalue weighted by atomic mass is 32.2. The van der Waals surface area contributed by atoms with Crippen molar-refractivity contribution >= 4 is 17.7 Å². The van der Waals surface area contributed by atoms with E-state index in [1.807, 2.05) is 60.0 Å². The third kappa shape index (κ3) is 6.07. The van der Waals surface area contributed by atoms with Crippen LogP contribution in [-0.4, -0.2) is 25.7 Å². The number of halogens is 3. The number of carbonyl (C=O) groups excluding carboxylic acids is 1. The van der Waals surface area contributed by atoms with Gasteiger partial charge in [-0.25, -0.2) is 0 Å². The molecule has 0 aliphatic heterocycles. The summed E-state index contributed by atoms with van der Waals surface area (Å²) in [6.07, 6.45) is -1.04. The van der Waals surface area contributed by atoms with Crippen LogP contribution < -0.4 is 5.32 Å². The highest BCUT2D eigenvalue weighted by Gasteiger charge is 2.30. The Hall–Kier alpha value is -4.44. The first kappa shape index (κ1) is 27.1. The van der Waals surface area contributed by atoms with Crippen LogP contribution in [-0.2, 0) is 18.5 Å². The van der Waals surface area contributed by atoms with Crippen LogP contribution >= 0.6 is 11.8 Å². The number of rotatable bonds is 8. The molecule has 1 amide bonds. The number of para-hydroxylation sites is 1. The molecule has 6 nitrogen and oxygen atoms in total. The van der Waals surface area contributed by atoms with Crippen LogP contribution in [0.4, 0.5) is 13.2 Å². The average molecular weight is 560 g/mol. The van der Waals surface area contributed by atoms with Gasteiger partial charge in [-0.3, -0.25) is 14.3 Å². The van der Waals surface area contributed by atoms with Crippen molar-refractivity contribution in [2.24, 2.45) is 0 Å². The maximum atomic E-state index is 13.1. The second kappa shape index (κ2) is 11.7. The fraction of sp³-hybridized carbons (Fsp3) is 0.133. The second-order valence-electron chi connectivity index (χ2n) is 8.99. The molecule has 0 fully saturated rings. The van der Waals surface area contributed by atoms with Crippen LogP contribution in [0.1, 0.15) is 32.6 Å². The van der Waals surface area contributed by atoms with Crippen LogP contribution in [0.15, 0.2) is 102 Å². The Labute approximate surface area is 233 Å². The van der Waals surface area contributed by atoms with E-state index in [1.165, 1.54) is 17.8 Å². The molecule has 0 atom stereocenters. The Morgan fingerprint density at radius 3 is 2.45 bits per heavy atom. The van der Waals surface area contributed by atoms with E-state index >= 15 is 0 Å².